The van der Waals surface area contributed by atoms with E-state index >= 15 is 0 Å². The molecule has 3 rings (SSSR count). The molecule has 2 heterocycles. The van der Waals surface area contributed by atoms with E-state index in [0.717, 1.165) is 11.3 Å². The summed E-state index contributed by atoms with van der Waals surface area (Å²) in [5, 5.41) is 11.6. The number of benzene rings is 1. The highest BCUT2D eigenvalue weighted by Gasteiger charge is 2.22. The van der Waals surface area contributed by atoms with Crippen molar-refractivity contribution in [2.75, 3.05) is 6.61 Å². The van der Waals surface area contributed by atoms with Crippen LogP contribution in [-0.2, 0) is 4.74 Å². The molecule has 3 aromatic rings. The molecular formula is C18H14N2O6S. The van der Waals surface area contributed by atoms with Gasteiger partial charge < -0.3 is 9.15 Å². The average molecular weight is 386 g/mol. The highest BCUT2D eigenvalue weighted by molar-refractivity contribution is 7.17. The van der Waals surface area contributed by atoms with Crippen molar-refractivity contribution < 1.29 is 23.7 Å². The zero-order valence-corrected chi connectivity index (χ0v) is 15.2. The molecule has 0 saturated heterocycles. The van der Waals surface area contributed by atoms with Crippen molar-refractivity contribution in [3.8, 4) is 21.9 Å². The molecule has 8 nitrogen and oxygen atoms in total. The van der Waals surface area contributed by atoms with Crippen molar-refractivity contribution in [2.24, 2.45) is 0 Å². The lowest BCUT2D eigenvalue weighted by Crippen LogP contribution is -2.03. The molecule has 0 saturated carbocycles. The number of aldehydes is 1. The lowest BCUT2D eigenvalue weighted by atomic mass is 10.0. The normalized spacial score (nSPS) is 10.6. The second-order valence-corrected chi connectivity index (χ2v) is 6.46. The van der Waals surface area contributed by atoms with E-state index in [9.17, 15) is 19.7 Å². The van der Waals surface area contributed by atoms with Crippen LogP contribution in [0.2, 0.25) is 0 Å². The van der Waals surface area contributed by atoms with E-state index in [1.165, 1.54) is 24.3 Å². The van der Waals surface area contributed by atoms with Crippen LogP contribution in [0.4, 0.5) is 5.69 Å². The van der Waals surface area contributed by atoms with E-state index < -0.39 is 10.9 Å². The molecule has 27 heavy (non-hydrogen) atoms. The number of aryl methyl sites for hydroxylation is 1. The first-order valence-corrected chi connectivity index (χ1v) is 8.75. The van der Waals surface area contributed by atoms with Crippen LogP contribution in [0, 0.1) is 17.0 Å². The second-order valence-electron chi connectivity index (χ2n) is 5.46. The fourth-order valence-electron chi connectivity index (χ4n) is 2.50. The summed E-state index contributed by atoms with van der Waals surface area (Å²) in [6, 6.07) is 7.34. The maximum atomic E-state index is 12.1. The Morgan fingerprint density at radius 1 is 1.33 bits per heavy atom. The van der Waals surface area contributed by atoms with E-state index in [1.54, 1.807) is 19.9 Å². The molecule has 0 bridgehead atoms. The van der Waals surface area contributed by atoms with E-state index in [2.05, 4.69) is 4.98 Å². The van der Waals surface area contributed by atoms with Gasteiger partial charge in [-0.3, -0.25) is 14.9 Å². The van der Waals surface area contributed by atoms with Crippen LogP contribution in [0.15, 0.2) is 34.7 Å². The second kappa shape index (κ2) is 7.50. The fraction of sp³-hybridized carbons (Fsp3) is 0.167. The lowest BCUT2D eigenvalue weighted by molar-refractivity contribution is -0.384. The first kappa shape index (κ1) is 18.5. The van der Waals surface area contributed by atoms with Gasteiger partial charge in [0.1, 0.15) is 15.6 Å². The molecule has 0 spiro atoms. The Kier molecular flexibility index (Phi) is 5.13. The highest BCUT2D eigenvalue weighted by atomic mass is 32.1. The molecule has 0 radical (unpaired) electrons. The number of esters is 1. The Morgan fingerprint density at radius 3 is 2.74 bits per heavy atom. The number of hydrogen-bond donors (Lipinski definition) is 0. The third-order valence-corrected chi connectivity index (χ3v) is 4.88. The third kappa shape index (κ3) is 3.63. The van der Waals surface area contributed by atoms with Crippen molar-refractivity contribution in [1.82, 2.24) is 4.98 Å². The van der Waals surface area contributed by atoms with Gasteiger partial charge >= 0.3 is 5.97 Å². The van der Waals surface area contributed by atoms with Crippen LogP contribution in [0.3, 0.4) is 0 Å². The number of furan rings is 1. The van der Waals surface area contributed by atoms with Crippen molar-refractivity contribution in [3.63, 3.8) is 0 Å². The maximum absolute atomic E-state index is 12.1. The van der Waals surface area contributed by atoms with Crippen LogP contribution >= 0.6 is 11.3 Å². The number of carbonyl (C=O) groups excluding carboxylic acids is 2. The zero-order valence-electron chi connectivity index (χ0n) is 14.4. The number of nitrogens with zero attached hydrogens (tertiary/aromatic N) is 2. The molecule has 0 amide bonds. The van der Waals surface area contributed by atoms with E-state index in [1.807, 2.05) is 0 Å². The molecule has 0 fully saturated rings. The highest BCUT2D eigenvalue weighted by Crippen LogP contribution is 2.38. The molecular weight excluding hydrogens is 372 g/mol. The molecule has 9 heteroatoms. The minimum absolute atomic E-state index is 0.124. The summed E-state index contributed by atoms with van der Waals surface area (Å²) in [6.07, 6.45) is 0.570. The molecule has 0 N–H and O–H groups in total. The number of hydrogen-bond acceptors (Lipinski definition) is 8. The third-order valence-electron chi connectivity index (χ3n) is 3.71. The molecule has 0 unspecified atom stereocenters. The Labute approximate surface area is 157 Å². The van der Waals surface area contributed by atoms with Gasteiger partial charge in [0, 0.05) is 23.3 Å². The van der Waals surface area contributed by atoms with Crippen molar-refractivity contribution in [3.05, 3.63) is 56.8 Å². The Bertz CT molecular complexity index is 1040. The summed E-state index contributed by atoms with van der Waals surface area (Å²) in [5.41, 5.74) is 1.30. The molecule has 0 atom stereocenters. The Balaban J connectivity index is 2.16. The van der Waals surface area contributed by atoms with E-state index in [0.29, 0.717) is 38.8 Å². The van der Waals surface area contributed by atoms with Gasteiger partial charge in [-0.2, -0.15) is 0 Å². The van der Waals surface area contributed by atoms with Gasteiger partial charge in [-0.1, -0.05) is 0 Å². The number of thiazole rings is 1. The number of nitro groups is 1. The van der Waals surface area contributed by atoms with Gasteiger partial charge in [0.15, 0.2) is 12.0 Å². The minimum Gasteiger partial charge on any atom is -0.462 e. The topological polar surface area (TPSA) is 113 Å². The van der Waals surface area contributed by atoms with Crippen LogP contribution < -0.4 is 0 Å². The number of aromatic nitrogens is 1. The van der Waals surface area contributed by atoms with Gasteiger partial charge in [-0.05, 0) is 32.0 Å². The molecule has 0 aliphatic heterocycles. The fourth-order valence-corrected chi connectivity index (χ4v) is 3.49. The SMILES string of the molecule is CCOC(=O)c1sc(-c2cc([N+](=O)[O-])ccc2-c2ccc(C=O)o2)nc1C. The zero-order chi connectivity index (χ0) is 19.6. The van der Waals surface area contributed by atoms with Crippen LogP contribution in [0.5, 0.6) is 0 Å². The first-order valence-electron chi connectivity index (χ1n) is 7.93. The van der Waals surface area contributed by atoms with Crippen LogP contribution in [0.1, 0.15) is 32.8 Å². The Morgan fingerprint density at radius 2 is 2.11 bits per heavy atom. The standard InChI is InChI=1S/C18H14N2O6S/c1-3-25-18(22)16-10(2)19-17(27-16)14-8-11(20(23)24)4-6-13(14)15-7-5-12(9-21)26-15/h4-9H,3H2,1-2H3. The largest absolute Gasteiger partial charge is 0.462 e. The summed E-state index contributed by atoms with van der Waals surface area (Å²) >= 11 is 1.08. The van der Waals surface area contributed by atoms with E-state index in [-0.39, 0.29) is 18.1 Å². The number of rotatable bonds is 6. The summed E-state index contributed by atoms with van der Waals surface area (Å²) in [5.74, 6) is 0.0105. The van der Waals surface area contributed by atoms with Gasteiger partial charge in [-0.25, -0.2) is 9.78 Å². The van der Waals surface area contributed by atoms with Crippen molar-refractivity contribution >= 4 is 29.3 Å². The van der Waals surface area contributed by atoms with Gasteiger partial charge in [-0.15, -0.1) is 11.3 Å². The summed E-state index contributed by atoms with van der Waals surface area (Å²) in [7, 11) is 0. The predicted molar refractivity (Wildman–Crippen MR) is 98.0 cm³/mol. The van der Waals surface area contributed by atoms with Crippen molar-refractivity contribution in [1.29, 1.82) is 0 Å². The average Bonchev–Trinajstić information content (AvgIpc) is 3.28. The molecule has 138 valence electrons. The predicted octanol–water partition coefficient (Wildman–Crippen LogP) is 4.28. The number of nitro benzene ring substituents is 1. The maximum Gasteiger partial charge on any atom is 0.350 e. The quantitative estimate of drug-likeness (QED) is 0.269. The number of carbonyl (C=O) groups is 2. The first-order chi connectivity index (χ1) is 12.9. The van der Waals surface area contributed by atoms with E-state index in [4.69, 9.17) is 9.15 Å². The lowest BCUT2D eigenvalue weighted by Gasteiger charge is -2.05. The molecule has 2 aromatic heterocycles. The number of non-ortho nitro benzene ring substituents is 1. The monoisotopic (exact) mass is 386 g/mol. The summed E-state index contributed by atoms with van der Waals surface area (Å²) in [4.78, 5) is 38.3. The minimum atomic E-state index is -0.515. The van der Waals surface area contributed by atoms with Crippen molar-refractivity contribution in [2.45, 2.75) is 13.8 Å². The van der Waals surface area contributed by atoms with Crippen LogP contribution in [0.25, 0.3) is 21.9 Å². The summed E-state index contributed by atoms with van der Waals surface area (Å²) < 4.78 is 10.5. The smallest absolute Gasteiger partial charge is 0.350 e. The summed E-state index contributed by atoms with van der Waals surface area (Å²) in [6.45, 7) is 3.60. The van der Waals surface area contributed by atoms with Gasteiger partial charge in [0.2, 0.25) is 0 Å². The Hall–Kier alpha value is -3.33. The van der Waals surface area contributed by atoms with Gasteiger partial charge in [0.05, 0.1) is 17.2 Å². The van der Waals surface area contributed by atoms with Gasteiger partial charge in [0.25, 0.3) is 5.69 Å². The molecule has 0 aliphatic rings. The van der Waals surface area contributed by atoms with Crippen LogP contribution in [-0.4, -0.2) is 28.8 Å². The number of ether oxygens (including phenoxy) is 1. The molecule has 0 aliphatic carbocycles. The molecule has 1 aromatic carbocycles.